The number of benzene rings is 1. The fourth-order valence-corrected chi connectivity index (χ4v) is 4.16. The van der Waals surface area contributed by atoms with Crippen LogP contribution in [0.3, 0.4) is 0 Å². The summed E-state index contributed by atoms with van der Waals surface area (Å²) in [4.78, 5) is 25.4. The topological polar surface area (TPSA) is 102 Å². The van der Waals surface area contributed by atoms with E-state index in [1.807, 2.05) is 0 Å². The minimum absolute atomic E-state index is 0.0149. The molecule has 150 valence electrons. The zero-order chi connectivity index (χ0) is 20.2. The Hall–Kier alpha value is -2.17. The van der Waals surface area contributed by atoms with Crippen LogP contribution in [0.1, 0.15) is 17.3 Å². The molecule has 0 bridgehead atoms. The van der Waals surface area contributed by atoms with Crippen molar-refractivity contribution in [2.24, 2.45) is 0 Å². The molecule has 1 aromatic rings. The minimum Gasteiger partial charge on any atom is -0.495 e. The summed E-state index contributed by atoms with van der Waals surface area (Å²) >= 11 is 0. The zero-order valence-corrected chi connectivity index (χ0v) is 16.6. The second kappa shape index (κ2) is 8.68. The van der Waals surface area contributed by atoms with Crippen LogP contribution < -0.4 is 4.74 Å². The van der Waals surface area contributed by atoms with Crippen LogP contribution in [-0.4, -0.2) is 83.1 Å². The lowest BCUT2D eigenvalue weighted by atomic mass is 10.2. The zero-order valence-electron chi connectivity index (χ0n) is 15.8. The van der Waals surface area contributed by atoms with Crippen LogP contribution in [0.4, 0.5) is 0 Å². The maximum Gasteiger partial charge on any atom is 0.338 e. The van der Waals surface area contributed by atoms with Crippen molar-refractivity contribution in [1.29, 1.82) is 0 Å². The van der Waals surface area contributed by atoms with E-state index in [9.17, 15) is 18.0 Å². The molecule has 1 aromatic carbocycles. The first-order valence-corrected chi connectivity index (χ1v) is 9.80. The summed E-state index contributed by atoms with van der Waals surface area (Å²) in [6, 6.07) is 3.99. The highest BCUT2D eigenvalue weighted by Crippen LogP contribution is 2.28. The minimum atomic E-state index is -3.87. The van der Waals surface area contributed by atoms with Gasteiger partial charge in [-0.3, -0.25) is 4.79 Å². The van der Waals surface area contributed by atoms with Gasteiger partial charge in [-0.25, -0.2) is 13.2 Å². The van der Waals surface area contributed by atoms with E-state index in [4.69, 9.17) is 14.2 Å². The van der Waals surface area contributed by atoms with Gasteiger partial charge in [0.15, 0.2) is 6.10 Å². The molecule has 0 spiro atoms. The second-order valence-corrected chi connectivity index (χ2v) is 8.07. The van der Waals surface area contributed by atoms with E-state index in [-0.39, 0.29) is 35.2 Å². The molecular formula is C17H24N2O7S. The molecule has 0 aromatic heterocycles. The number of nitrogens with zero attached hydrogens (tertiary/aromatic N) is 2. The van der Waals surface area contributed by atoms with Crippen molar-refractivity contribution >= 4 is 21.9 Å². The molecule has 1 saturated heterocycles. The van der Waals surface area contributed by atoms with E-state index in [0.717, 1.165) is 0 Å². The summed E-state index contributed by atoms with van der Waals surface area (Å²) in [5.41, 5.74) is 0.0149. The number of carbonyl (C=O) groups excluding carboxylic acids is 2. The fourth-order valence-electron chi connectivity index (χ4n) is 2.57. The van der Waals surface area contributed by atoms with Crippen LogP contribution in [0.5, 0.6) is 5.75 Å². The Morgan fingerprint density at radius 1 is 1.22 bits per heavy atom. The molecule has 1 fully saturated rings. The number of rotatable bonds is 6. The summed E-state index contributed by atoms with van der Waals surface area (Å²) in [7, 11) is 0.574. The van der Waals surface area contributed by atoms with Crippen LogP contribution >= 0.6 is 0 Å². The molecule has 27 heavy (non-hydrogen) atoms. The highest BCUT2D eigenvalue weighted by Gasteiger charge is 2.30. The maximum atomic E-state index is 12.9. The number of ether oxygens (including phenoxy) is 3. The Morgan fingerprint density at radius 2 is 1.85 bits per heavy atom. The monoisotopic (exact) mass is 400 g/mol. The van der Waals surface area contributed by atoms with E-state index < -0.39 is 22.1 Å². The molecule has 9 nitrogen and oxygen atoms in total. The molecule has 1 amide bonds. The lowest BCUT2D eigenvalue weighted by molar-refractivity contribution is -0.137. The first-order chi connectivity index (χ1) is 12.7. The molecule has 0 radical (unpaired) electrons. The van der Waals surface area contributed by atoms with Crippen molar-refractivity contribution in [1.82, 2.24) is 9.21 Å². The number of morpholine rings is 1. The molecule has 1 heterocycles. The average Bonchev–Trinajstić information content (AvgIpc) is 2.67. The van der Waals surface area contributed by atoms with Crippen molar-refractivity contribution in [3.05, 3.63) is 23.8 Å². The molecule has 1 aliphatic rings. The Kier molecular flexibility index (Phi) is 6.79. The van der Waals surface area contributed by atoms with Crippen LogP contribution in [0, 0.1) is 0 Å². The van der Waals surface area contributed by atoms with Crippen LogP contribution in [0.15, 0.2) is 23.1 Å². The van der Waals surface area contributed by atoms with Gasteiger partial charge in [0.25, 0.3) is 5.91 Å². The third kappa shape index (κ3) is 4.76. The Labute approximate surface area is 158 Å². The number of amides is 1. The van der Waals surface area contributed by atoms with Gasteiger partial charge in [0.2, 0.25) is 10.0 Å². The van der Waals surface area contributed by atoms with Gasteiger partial charge in [-0.05, 0) is 25.1 Å². The van der Waals surface area contributed by atoms with Gasteiger partial charge >= 0.3 is 5.97 Å². The van der Waals surface area contributed by atoms with E-state index >= 15 is 0 Å². The molecule has 1 atom stereocenters. The Balaban J connectivity index is 2.31. The standard InChI is InChI=1S/C17H24N2O7S/c1-12(16(20)18(2)3)26-17(21)13-5-6-14(24-4)15(11-13)27(22,23)19-7-9-25-10-8-19/h5-6,11-12H,7-10H2,1-4H3/t12-/m1/s1. The van der Waals surface area contributed by atoms with Gasteiger partial charge < -0.3 is 19.1 Å². The largest absolute Gasteiger partial charge is 0.495 e. The number of hydrogen-bond acceptors (Lipinski definition) is 7. The molecule has 10 heteroatoms. The van der Waals surface area contributed by atoms with Gasteiger partial charge in [-0.1, -0.05) is 0 Å². The smallest absolute Gasteiger partial charge is 0.338 e. The number of methoxy groups -OCH3 is 1. The molecule has 0 saturated carbocycles. The van der Waals surface area contributed by atoms with Crippen LogP contribution in [0.2, 0.25) is 0 Å². The molecular weight excluding hydrogens is 376 g/mol. The molecule has 0 aliphatic carbocycles. The number of hydrogen-bond donors (Lipinski definition) is 0. The first kappa shape index (κ1) is 21.1. The predicted molar refractivity (Wildman–Crippen MR) is 96.1 cm³/mol. The maximum absolute atomic E-state index is 12.9. The SMILES string of the molecule is COc1ccc(C(=O)O[C@H](C)C(=O)N(C)C)cc1S(=O)(=O)N1CCOCC1. The van der Waals surface area contributed by atoms with Crippen molar-refractivity contribution in [3.8, 4) is 5.75 Å². The molecule has 0 unspecified atom stereocenters. The average molecular weight is 400 g/mol. The molecule has 1 aliphatic heterocycles. The van der Waals surface area contributed by atoms with E-state index in [2.05, 4.69) is 0 Å². The quantitative estimate of drug-likeness (QED) is 0.635. The van der Waals surface area contributed by atoms with Crippen molar-refractivity contribution in [2.45, 2.75) is 17.9 Å². The number of esters is 1. The lowest BCUT2D eigenvalue weighted by Gasteiger charge is -2.26. The summed E-state index contributed by atoms with van der Waals surface area (Å²) in [5, 5.41) is 0. The molecule has 2 rings (SSSR count). The van der Waals surface area contributed by atoms with Crippen molar-refractivity contribution < 1.29 is 32.2 Å². The van der Waals surface area contributed by atoms with Crippen LogP contribution in [-0.2, 0) is 24.3 Å². The normalized spacial score (nSPS) is 16.4. The number of likely N-dealkylation sites (N-methyl/N-ethyl adjacent to an activating group) is 1. The predicted octanol–water partition coefficient (Wildman–Crippen LogP) is 0.350. The van der Waals surface area contributed by atoms with E-state index in [1.165, 1.54) is 41.4 Å². The van der Waals surface area contributed by atoms with Gasteiger partial charge in [0.1, 0.15) is 10.6 Å². The van der Waals surface area contributed by atoms with Crippen LogP contribution in [0.25, 0.3) is 0 Å². The van der Waals surface area contributed by atoms with Gasteiger partial charge in [0.05, 0.1) is 25.9 Å². The third-order valence-electron chi connectivity index (χ3n) is 4.06. The van der Waals surface area contributed by atoms with Gasteiger partial charge in [0, 0.05) is 27.2 Å². The summed E-state index contributed by atoms with van der Waals surface area (Å²) < 4.78 is 42.6. The second-order valence-electron chi connectivity index (χ2n) is 6.16. The Morgan fingerprint density at radius 3 is 2.41 bits per heavy atom. The highest BCUT2D eigenvalue weighted by atomic mass is 32.2. The summed E-state index contributed by atoms with van der Waals surface area (Å²) in [5.74, 6) is -1.05. The number of carbonyl (C=O) groups is 2. The third-order valence-corrected chi connectivity index (χ3v) is 5.98. The highest BCUT2D eigenvalue weighted by molar-refractivity contribution is 7.89. The van der Waals surface area contributed by atoms with Crippen molar-refractivity contribution in [3.63, 3.8) is 0 Å². The lowest BCUT2D eigenvalue weighted by Crippen LogP contribution is -2.40. The summed E-state index contributed by atoms with van der Waals surface area (Å²) in [6.45, 7) is 2.49. The fraction of sp³-hybridized carbons (Fsp3) is 0.529. The summed E-state index contributed by atoms with van der Waals surface area (Å²) in [6.07, 6.45) is -0.992. The molecule has 0 N–H and O–H groups in total. The first-order valence-electron chi connectivity index (χ1n) is 8.36. The van der Waals surface area contributed by atoms with Gasteiger partial charge in [-0.15, -0.1) is 0 Å². The number of sulfonamides is 1. The Bertz CT molecular complexity index is 801. The van der Waals surface area contributed by atoms with E-state index in [1.54, 1.807) is 14.1 Å². The van der Waals surface area contributed by atoms with Gasteiger partial charge in [-0.2, -0.15) is 4.31 Å². The van der Waals surface area contributed by atoms with E-state index in [0.29, 0.717) is 13.2 Å². The van der Waals surface area contributed by atoms with Crippen molar-refractivity contribution in [2.75, 3.05) is 47.5 Å².